The summed E-state index contributed by atoms with van der Waals surface area (Å²) in [6.45, 7) is 10.1. The number of likely N-dealkylation sites (N-methyl/N-ethyl adjacent to an activating group) is 1. The van der Waals surface area contributed by atoms with Gasteiger partial charge in [0, 0.05) is 55.2 Å². The number of aromatic nitrogens is 5. The summed E-state index contributed by atoms with van der Waals surface area (Å²) in [4.78, 5) is 22.3. The Bertz CT molecular complexity index is 1480. The van der Waals surface area contributed by atoms with Crippen LogP contribution in [-0.2, 0) is 6.54 Å². The molecule has 1 aromatic carbocycles. The van der Waals surface area contributed by atoms with Crippen molar-refractivity contribution in [1.29, 1.82) is 0 Å². The minimum absolute atomic E-state index is 0.0841. The largest absolute Gasteiger partial charge is 0.326 e. The lowest BCUT2D eigenvalue weighted by Gasteiger charge is -2.53. The van der Waals surface area contributed by atoms with Crippen LogP contribution in [0.25, 0.3) is 22.2 Å². The average Bonchev–Trinajstić information content (AvgIpc) is 3.22. The molecule has 0 spiro atoms. The minimum Gasteiger partial charge on any atom is -0.326 e. The van der Waals surface area contributed by atoms with E-state index in [-0.39, 0.29) is 17.1 Å². The maximum Gasteiger partial charge on any atom is 0.228 e. The molecule has 38 heavy (non-hydrogen) atoms. The average molecular weight is 519 g/mol. The van der Waals surface area contributed by atoms with Crippen molar-refractivity contribution in [2.24, 2.45) is 5.92 Å². The number of piperidine rings is 1. The molecule has 1 N–H and O–H groups in total. The Hall–Kier alpha value is -3.50. The van der Waals surface area contributed by atoms with Crippen LogP contribution in [0, 0.1) is 24.5 Å². The van der Waals surface area contributed by atoms with Gasteiger partial charge < -0.3 is 14.8 Å². The number of imidazole rings is 1. The highest BCUT2D eigenvalue weighted by Gasteiger charge is 2.41. The lowest BCUT2D eigenvalue weighted by Crippen LogP contribution is -2.62. The maximum atomic E-state index is 15.0. The second-order valence-corrected chi connectivity index (χ2v) is 10.8. The van der Waals surface area contributed by atoms with E-state index in [0.29, 0.717) is 34.7 Å². The quantitative estimate of drug-likeness (QED) is 0.388. The Balaban J connectivity index is 1.20. The molecule has 6 rings (SSSR count). The predicted molar refractivity (Wildman–Crippen MR) is 143 cm³/mol. The lowest BCUT2D eigenvalue weighted by molar-refractivity contribution is -0.0433. The van der Waals surface area contributed by atoms with E-state index in [4.69, 9.17) is 0 Å². The highest BCUT2D eigenvalue weighted by atomic mass is 19.1. The smallest absolute Gasteiger partial charge is 0.228 e. The highest BCUT2D eigenvalue weighted by Crippen LogP contribution is 2.34. The Morgan fingerprint density at radius 3 is 2.58 bits per heavy atom. The van der Waals surface area contributed by atoms with Crippen LogP contribution < -0.4 is 5.32 Å². The standard InChI is InChI=1S/C28H32F2N8/c1-16(2)38-17(3)34-27-22(29)7-20(8-24(27)38)21-9-26(31-12-23(21)30)35-28-32-10-18(11-33-28)13-37-14-19-5-6-36(4)15-25(19)37/h7-12,16,19,25H,5-6,13-15H2,1-4H3,(H,31,32,33,35). The Kier molecular flexibility index (Phi) is 6.31. The third kappa shape index (κ3) is 4.52. The molecule has 5 heterocycles. The van der Waals surface area contributed by atoms with E-state index >= 15 is 0 Å². The lowest BCUT2D eigenvalue weighted by atomic mass is 9.82. The highest BCUT2D eigenvalue weighted by molar-refractivity contribution is 5.84. The SMILES string of the molecule is Cc1nc2c(F)cc(-c3cc(Nc4ncc(CN5CC6CCN(C)CC65)cn4)ncc3F)cc2n1C(C)C. The Morgan fingerprint density at radius 1 is 1.03 bits per heavy atom. The van der Waals surface area contributed by atoms with Crippen LogP contribution in [0.2, 0.25) is 0 Å². The normalized spacial score (nSPS) is 20.1. The van der Waals surface area contributed by atoms with Gasteiger partial charge in [0.25, 0.3) is 0 Å². The van der Waals surface area contributed by atoms with Gasteiger partial charge in [-0.15, -0.1) is 0 Å². The Labute approximate surface area is 220 Å². The number of likely N-dealkylation sites (tertiary alicyclic amines) is 2. The fourth-order valence-corrected chi connectivity index (χ4v) is 5.90. The number of hydrogen-bond acceptors (Lipinski definition) is 7. The molecular formula is C28H32F2N8. The first-order valence-corrected chi connectivity index (χ1v) is 13.1. The molecule has 0 radical (unpaired) electrons. The van der Waals surface area contributed by atoms with E-state index in [0.717, 1.165) is 37.3 Å². The van der Waals surface area contributed by atoms with Crippen LogP contribution >= 0.6 is 0 Å². The van der Waals surface area contributed by atoms with Gasteiger partial charge in [0.1, 0.15) is 23.0 Å². The summed E-state index contributed by atoms with van der Waals surface area (Å²) in [5.74, 6) is 1.23. The maximum absolute atomic E-state index is 15.0. The van der Waals surface area contributed by atoms with E-state index in [2.05, 4.69) is 42.1 Å². The van der Waals surface area contributed by atoms with Crippen molar-refractivity contribution in [2.75, 3.05) is 32.0 Å². The zero-order valence-electron chi connectivity index (χ0n) is 22.1. The first-order valence-electron chi connectivity index (χ1n) is 13.1. The van der Waals surface area contributed by atoms with Crippen molar-refractivity contribution in [1.82, 2.24) is 34.3 Å². The molecule has 0 amide bonds. The number of aryl methyl sites for hydroxylation is 1. The molecule has 3 aromatic heterocycles. The first kappa shape index (κ1) is 24.8. The van der Waals surface area contributed by atoms with Crippen LogP contribution in [0.4, 0.5) is 20.5 Å². The van der Waals surface area contributed by atoms with Crippen LogP contribution in [0.15, 0.2) is 36.8 Å². The van der Waals surface area contributed by atoms with E-state index in [1.807, 2.05) is 37.7 Å². The molecule has 0 saturated carbocycles. The predicted octanol–water partition coefficient (Wildman–Crippen LogP) is 4.94. The minimum atomic E-state index is -0.542. The molecule has 2 fully saturated rings. The molecule has 8 nitrogen and oxygen atoms in total. The van der Waals surface area contributed by atoms with Gasteiger partial charge in [-0.3, -0.25) is 4.90 Å². The van der Waals surface area contributed by atoms with E-state index in [9.17, 15) is 8.78 Å². The van der Waals surface area contributed by atoms with Gasteiger partial charge in [-0.05, 0) is 70.5 Å². The molecule has 10 heteroatoms. The fraction of sp³-hybridized carbons (Fsp3) is 0.429. The summed E-state index contributed by atoms with van der Waals surface area (Å²) < 4.78 is 31.8. The van der Waals surface area contributed by atoms with Gasteiger partial charge in [0.15, 0.2) is 5.82 Å². The number of benzene rings is 1. The van der Waals surface area contributed by atoms with E-state index in [1.54, 1.807) is 12.1 Å². The molecule has 2 aliphatic heterocycles. The molecule has 2 saturated heterocycles. The number of anilines is 2. The van der Waals surface area contributed by atoms with Gasteiger partial charge in [-0.1, -0.05) is 0 Å². The van der Waals surface area contributed by atoms with E-state index in [1.165, 1.54) is 19.0 Å². The zero-order chi connectivity index (χ0) is 26.6. The Morgan fingerprint density at radius 2 is 1.82 bits per heavy atom. The van der Waals surface area contributed by atoms with E-state index < -0.39 is 11.6 Å². The number of nitrogens with zero attached hydrogens (tertiary/aromatic N) is 7. The number of pyridine rings is 1. The van der Waals surface area contributed by atoms with Gasteiger partial charge >= 0.3 is 0 Å². The van der Waals surface area contributed by atoms with Gasteiger partial charge in [0.05, 0.1) is 11.7 Å². The van der Waals surface area contributed by atoms with Crippen molar-refractivity contribution in [2.45, 2.75) is 45.8 Å². The van der Waals surface area contributed by atoms with Gasteiger partial charge in [-0.2, -0.15) is 0 Å². The number of hydrogen-bond donors (Lipinski definition) is 1. The molecule has 0 aliphatic carbocycles. The molecular weight excluding hydrogens is 486 g/mol. The monoisotopic (exact) mass is 518 g/mol. The first-order chi connectivity index (χ1) is 18.3. The molecule has 0 bridgehead atoms. The van der Waals surface area contributed by atoms with Gasteiger partial charge in [-0.25, -0.2) is 28.7 Å². The third-order valence-corrected chi connectivity index (χ3v) is 7.80. The van der Waals surface area contributed by atoms with Crippen LogP contribution in [-0.4, -0.2) is 67.0 Å². The van der Waals surface area contributed by atoms with Crippen molar-refractivity contribution < 1.29 is 8.78 Å². The second-order valence-electron chi connectivity index (χ2n) is 10.8. The van der Waals surface area contributed by atoms with Crippen molar-refractivity contribution in [3.05, 3.63) is 59.8 Å². The van der Waals surface area contributed by atoms with Crippen LogP contribution in [0.3, 0.4) is 0 Å². The second kappa shape index (κ2) is 9.67. The topological polar surface area (TPSA) is 75.0 Å². The van der Waals surface area contributed by atoms with Crippen molar-refractivity contribution >= 4 is 22.8 Å². The van der Waals surface area contributed by atoms with Gasteiger partial charge in [0.2, 0.25) is 5.95 Å². The number of rotatable bonds is 6. The fourth-order valence-electron chi connectivity index (χ4n) is 5.90. The third-order valence-electron chi connectivity index (χ3n) is 7.80. The van der Waals surface area contributed by atoms with Crippen LogP contribution in [0.1, 0.15) is 37.7 Å². The molecule has 2 aliphatic rings. The number of halogens is 2. The molecule has 4 aromatic rings. The summed E-state index contributed by atoms with van der Waals surface area (Å²) in [5, 5.41) is 3.05. The van der Waals surface area contributed by atoms with Crippen molar-refractivity contribution in [3.8, 4) is 11.1 Å². The summed E-state index contributed by atoms with van der Waals surface area (Å²) >= 11 is 0. The summed E-state index contributed by atoms with van der Waals surface area (Å²) in [7, 11) is 2.18. The summed E-state index contributed by atoms with van der Waals surface area (Å²) in [5.41, 5.74) is 2.61. The molecule has 2 unspecified atom stereocenters. The molecule has 2 atom stereocenters. The van der Waals surface area contributed by atoms with Crippen molar-refractivity contribution in [3.63, 3.8) is 0 Å². The number of fused-ring (bicyclic) bond motifs is 2. The number of nitrogens with one attached hydrogen (secondary N) is 1. The van der Waals surface area contributed by atoms with Crippen LogP contribution in [0.5, 0.6) is 0 Å². The zero-order valence-corrected chi connectivity index (χ0v) is 22.1. The summed E-state index contributed by atoms with van der Waals surface area (Å²) in [6.07, 6.45) is 6.03. The molecule has 198 valence electrons. The summed E-state index contributed by atoms with van der Waals surface area (Å²) in [6, 6.07) is 5.34.